The summed E-state index contributed by atoms with van der Waals surface area (Å²) in [6, 6.07) is 12.6. The minimum atomic E-state index is -4.55. The Balaban J connectivity index is 1.76. The molecule has 4 rings (SSSR count). The van der Waals surface area contributed by atoms with E-state index >= 15 is 0 Å². The number of rotatable bonds is 7. The highest BCUT2D eigenvalue weighted by Gasteiger charge is 2.27. The summed E-state index contributed by atoms with van der Waals surface area (Å²) in [7, 11) is 1.73. The van der Waals surface area contributed by atoms with Crippen LogP contribution in [0, 0.1) is 12.7 Å². The highest BCUT2D eigenvalue weighted by Crippen LogP contribution is 2.36. The topological polar surface area (TPSA) is 93.1 Å². The Kier molecular flexibility index (Phi) is 6.95. The Hall–Kier alpha value is -4.35. The summed E-state index contributed by atoms with van der Waals surface area (Å²) in [5, 5.41) is 10.5. The molecule has 0 aliphatic heterocycles. The van der Waals surface area contributed by atoms with Crippen molar-refractivity contribution in [1.82, 2.24) is 25.5 Å². The predicted octanol–water partition coefficient (Wildman–Crippen LogP) is 4.36. The molecule has 2 aromatic carbocycles. The maximum absolute atomic E-state index is 13.5. The van der Waals surface area contributed by atoms with Gasteiger partial charge >= 0.3 is 6.18 Å². The fourth-order valence-corrected chi connectivity index (χ4v) is 3.38. The molecular formula is C24H20F4N6O2. The largest absolute Gasteiger partial charge is 0.481 e. The van der Waals surface area contributed by atoms with Crippen molar-refractivity contribution in [2.75, 3.05) is 25.1 Å². The van der Waals surface area contributed by atoms with Gasteiger partial charge in [0.05, 0.1) is 5.69 Å². The number of nitrogens with zero attached hydrogens (tertiary/aromatic N) is 5. The fourth-order valence-electron chi connectivity index (χ4n) is 3.38. The van der Waals surface area contributed by atoms with E-state index in [0.29, 0.717) is 33.7 Å². The lowest BCUT2D eigenvalue weighted by Crippen LogP contribution is -2.36. The van der Waals surface area contributed by atoms with E-state index in [1.54, 1.807) is 60.6 Å². The second kappa shape index (κ2) is 10.1. The predicted molar refractivity (Wildman–Crippen MR) is 124 cm³/mol. The molecule has 2 aromatic heterocycles. The lowest BCUT2D eigenvalue weighted by molar-refractivity contribution is -0.139. The van der Waals surface area contributed by atoms with Crippen molar-refractivity contribution in [3.63, 3.8) is 0 Å². The minimum Gasteiger partial charge on any atom is -0.481 e. The molecule has 8 nitrogen and oxygen atoms in total. The van der Waals surface area contributed by atoms with Crippen LogP contribution in [0.3, 0.4) is 0 Å². The number of fused-ring (bicyclic) bond motifs is 1. The lowest BCUT2D eigenvalue weighted by Gasteiger charge is -2.20. The smallest absolute Gasteiger partial charge is 0.405 e. The summed E-state index contributed by atoms with van der Waals surface area (Å²) in [4.78, 5) is 22.3. The van der Waals surface area contributed by atoms with Crippen molar-refractivity contribution in [2.45, 2.75) is 13.1 Å². The average molecular weight is 500 g/mol. The minimum absolute atomic E-state index is 0.140. The van der Waals surface area contributed by atoms with E-state index in [-0.39, 0.29) is 5.75 Å². The van der Waals surface area contributed by atoms with Gasteiger partial charge in [0.25, 0.3) is 5.91 Å². The first-order valence-corrected chi connectivity index (χ1v) is 10.7. The van der Waals surface area contributed by atoms with Gasteiger partial charge in [-0.2, -0.15) is 18.3 Å². The number of benzene rings is 2. The van der Waals surface area contributed by atoms with E-state index in [2.05, 4.69) is 20.2 Å². The molecule has 186 valence electrons. The summed E-state index contributed by atoms with van der Waals surface area (Å²) in [6.07, 6.45) is -3.25. The lowest BCUT2D eigenvalue weighted by atomic mass is 10.0. The maximum atomic E-state index is 13.5. The number of hydrogen-bond acceptors (Lipinski definition) is 7. The number of hydrogen-bond donors (Lipinski definition) is 1. The number of amides is 1. The molecule has 0 aliphatic rings. The van der Waals surface area contributed by atoms with Gasteiger partial charge in [-0.3, -0.25) is 4.79 Å². The molecule has 36 heavy (non-hydrogen) atoms. The van der Waals surface area contributed by atoms with Crippen molar-refractivity contribution in [1.29, 1.82) is 0 Å². The molecule has 0 spiro atoms. The average Bonchev–Trinajstić information content (AvgIpc) is 2.85. The number of ether oxygens (including phenoxy) is 1. The molecule has 1 N–H and O–H groups in total. The quantitative estimate of drug-likeness (QED) is 0.377. The van der Waals surface area contributed by atoms with Gasteiger partial charge in [-0.1, -0.05) is 12.1 Å². The van der Waals surface area contributed by atoms with Crippen LogP contribution in [0.25, 0.3) is 22.0 Å². The molecule has 0 fully saturated rings. The molecule has 0 aliphatic carbocycles. The first-order valence-electron chi connectivity index (χ1n) is 10.7. The number of halogens is 4. The van der Waals surface area contributed by atoms with E-state index in [1.165, 1.54) is 18.5 Å². The number of aromatic nitrogens is 4. The summed E-state index contributed by atoms with van der Waals surface area (Å²) in [5.41, 5.74) is 2.28. The summed E-state index contributed by atoms with van der Waals surface area (Å²) in [6.45, 7) is -0.336. The van der Waals surface area contributed by atoms with Gasteiger partial charge in [0.1, 0.15) is 35.8 Å². The van der Waals surface area contributed by atoms with Gasteiger partial charge in [-0.05, 0) is 54.4 Å². The monoisotopic (exact) mass is 500 g/mol. The Morgan fingerprint density at radius 3 is 2.44 bits per heavy atom. The highest BCUT2D eigenvalue weighted by atomic mass is 19.4. The number of carbonyl (C=O) groups is 1. The number of aryl methyl sites for hydroxylation is 1. The van der Waals surface area contributed by atoms with Crippen LogP contribution in [0.15, 0.2) is 54.9 Å². The second-order valence-electron chi connectivity index (χ2n) is 7.85. The molecule has 1 amide bonds. The number of alkyl halides is 3. The van der Waals surface area contributed by atoms with Gasteiger partial charge in [0.15, 0.2) is 12.4 Å². The highest BCUT2D eigenvalue weighted by molar-refractivity contribution is 5.98. The van der Waals surface area contributed by atoms with E-state index in [0.717, 1.165) is 5.69 Å². The van der Waals surface area contributed by atoms with Crippen molar-refractivity contribution in [3.05, 3.63) is 66.4 Å². The van der Waals surface area contributed by atoms with E-state index in [9.17, 15) is 22.4 Å². The Morgan fingerprint density at radius 1 is 1.03 bits per heavy atom. The van der Waals surface area contributed by atoms with Gasteiger partial charge in [0.2, 0.25) is 0 Å². The molecule has 0 saturated carbocycles. The molecule has 12 heteroatoms. The molecule has 4 aromatic rings. The normalized spacial score (nSPS) is 11.4. The standard InChI is InChI=1S/C24H20F4N6O2/c1-14-3-8-20(33-32-14)34(2)23-18-9-16(15-4-6-17(25)7-5-15)10-19(22(18)30-13-31-23)36-11-21(35)29-12-24(26,27)28/h3-10,13H,11-12H2,1-2H3,(H,29,35). The van der Waals surface area contributed by atoms with Crippen LogP contribution in [-0.4, -0.2) is 52.4 Å². The zero-order chi connectivity index (χ0) is 25.9. The van der Waals surface area contributed by atoms with Crippen LogP contribution in [0.4, 0.5) is 29.2 Å². The molecule has 0 unspecified atom stereocenters. The third kappa shape index (κ3) is 5.82. The zero-order valence-corrected chi connectivity index (χ0v) is 19.2. The van der Waals surface area contributed by atoms with Crippen LogP contribution < -0.4 is 15.0 Å². The van der Waals surface area contributed by atoms with Gasteiger partial charge < -0.3 is 15.0 Å². The SMILES string of the molecule is Cc1ccc(N(C)c2ncnc3c(OCC(=O)NCC(F)(F)F)cc(-c4ccc(F)cc4)cc23)nn1. The number of nitrogens with one attached hydrogen (secondary N) is 1. The zero-order valence-electron chi connectivity index (χ0n) is 19.2. The van der Waals surface area contributed by atoms with Crippen molar-refractivity contribution in [2.24, 2.45) is 0 Å². The van der Waals surface area contributed by atoms with Crippen LogP contribution >= 0.6 is 0 Å². The van der Waals surface area contributed by atoms with Gasteiger partial charge in [0, 0.05) is 12.4 Å². The van der Waals surface area contributed by atoms with Crippen LogP contribution in [0.2, 0.25) is 0 Å². The molecule has 0 bridgehead atoms. The molecular weight excluding hydrogens is 480 g/mol. The Morgan fingerprint density at radius 2 is 1.78 bits per heavy atom. The first kappa shape index (κ1) is 24.8. The van der Waals surface area contributed by atoms with Crippen molar-refractivity contribution < 1.29 is 27.1 Å². The molecule has 2 heterocycles. The van der Waals surface area contributed by atoms with E-state index < -0.39 is 31.1 Å². The Bertz CT molecular complexity index is 1380. The number of anilines is 2. The molecule has 0 radical (unpaired) electrons. The fraction of sp³-hybridized carbons (Fsp3) is 0.208. The molecule has 0 saturated heterocycles. The number of carbonyl (C=O) groups excluding carboxylic acids is 1. The summed E-state index contributed by atoms with van der Waals surface area (Å²) < 4.78 is 56.4. The van der Waals surface area contributed by atoms with E-state index in [4.69, 9.17) is 4.74 Å². The Labute approximate surface area is 203 Å². The van der Waals surface area contributed by atoms with Crippen molar-refractivity contribution >= 4 is 28.4 Å². The van der Waals surface area contributed by atoms with Gasteiger partial charge in [-0.25, -0.2) is 14.4 Å². The van der Waals surface area contributed by atoms with Crippen LogP contribution in [0.1, 0.15) is 5.69 Å². The van der Waals surface area contributed by atoms with E-state index in [1.807, 2.05) is 0 Å². The second-order valence-corrected chi connectivity index (χ2v) is 7.85. The maximum Gasteiger partial charge on any atom is 0.405 e. The summed E-state index contributed by atoms with van der Waals surface area (Å²) >= 11 is 0. The first-order chi connectivity index (χ1) is 17.1. The van der Waals surface area contributed by atoms with Crippen LogP contribution in [-0.2, 0) is 4.79 Å². The third-order valence-electron chi connectivity index (χ3n) is 5.15. The third-order valence-corrected chi connectivity index (χ3v) is 5.15. The summed E-state index contributed by atoms with van der Waals surface area (Å²) in [5.74, 6) is -0.288. The van der Waals surface area contributed by atoms with Crippen LogP contribution in [0.5, 0.6) is 5.75 Å². The molecule has 0 atom stereocenters. The van der Waals surface area contributed by atoms with Gasteiger partial charge in [-0.15, -0.1) is 5.10 Å². The van der Waals surface area contributed by atoms with Crippen molar-refractivity contribution in [3.8, 4) is 16.9 Å².